The number of fused-ring (bicyclic) bond motifs is 1. The van der Waals surface area contributed by atoms with Crippen molar-refractivity contribution < 1.29 is 9.59 Å². The molecule has 4 fully saturated rings. The zero-order valence-electron chi connectivity index (χ0n) is 19.8. The number of nitrogens with one attached hydrogen (secondary N) is 1. The van der Waals surface area contributed by atoms with E-state index in [0.717, 1.165) is 77.4 Å². The quantitative estimate of drug-likeness (QED) is 0.419. The minimum Gasteiger partial charge on any atom is -0.387 e. The third kappa shape index (κ3) is 4.81. The lowest BCUT2D eigenvalue weighted by Crippen LogP contribution is -2.52. The van der Waals surface area contributed by atoms with Gasteiger partial charge in [0.25, 0.3) is 0 Å². The average Bonchev–Trinajstić information content (AvgIpc) is 3.36. The van der Waals surface area contributed by atoms with Crippen molar-refractivity contribution in [2.75, 3.05) is 33.7 Å². The molecule has 2 aliphatic carbocycles. The van der Waals surface area contributed by atoms with Crippen molar-refractivity contribution in [1.29, 1.82) is 5.41 Å². The summed E-state index contributed by atoms with van der Waals surface area (Å²) in [5.41, 5.74) is 11.4. The molecule has 0 radical (unpaired) electrons. The molecule has 4 aliphatic rings. The van der Waals surface area contributed by atoms with Crippen LogP contribution < -0.4 is 11.5 Å². The van der Waals surface area contributed by atoms with Gasteiger partial charge >= 0.3 is 0 Å². The van der Waals surface area contributed by atoms with Gasteiger partial charge in [0.1, 0.15) is 0 Å². The predicted octanol–water partition coefficient (Wildman–Crippen LogP) is 1.24. The maximum absolute atomic E-state index is 13.7. The Morgan fingerprint density at radius 3 is 2.28 bits per heavy atom. The monoisotopic (exact) mass is 446 g/mol. The number of nitrogens with two attached hydrogens (primary N) is 2. The molecule has 2 amide bonds. The van der Waals surface area contributed by atoms with E-state index in [4.69, 9.17) is 16.9 Å². The Kier molecular flexibility index (Phi) is 7.10. The summed E-state index contributed by atoms with van der Waals surface area (Å²) in [4.78, 5) is 32.1. The van der Waals surface area contributed by atoms with Crippen LogP contribution >= 0.6 is 0 Å². The molecule has 0 aromatic heterocycles. The van der Waals surface area contributed by atoms with Crippen LogP contribution in [0.15, 0.2) is 0 Å². The lowest BCUT2D eigenvalue weighted by Gasteiger charge is -2.40. The zero-order valence-corrected chi connectivity index (χ0v) is 19.8. The van der Waals surface area contributed by atoms with Crippen molar-refractivity contribution in [2.24, 2.45) is 35.1 Å². The maximum atomic E-state index is 13.7. The number of primary amides is 1. The number of hydrogen-bond donors (Lipinski definition) is 3. The van der Waals surface area contributed by atoms with Crippen LogP contribution in [0.4, 0.5) is 0 Å². The Morgan fingerprint density at radius 2 is 1.69 bits per heavy atom. The highest BCUT2D eigenvalue weighted by Crippen LogP contribution is 2.44. The fraction of sp³-hybridized carbons (Fsp3) is 0.875. The van der Waals surface area contributed by atoms with Gasteiger partial charge in [-0.1, -0.05) is 0 Å². The lowest BCUT2D eigenvalue weighted by molar-refractivity contribution is -0.137. The molecule has 180 valence electrons. The number of nitrogens with zero attached hydrogens (tertiary/aromatic N) is 3. The normalized spacial score (nSPS) is 38.4. The first-order valence-electron chi connectivity index (χ1n) is 12.6. The van der Waals surface area contributed by atoms with Crippen LogP contribution in [0.1, 0.15) is 57.8 Å². The van der Waals surface area contributed by atoms with Gasteiger partial charge in [-0.15, -0.1) is 0 Å². The van der Waals surface area contributed by atoms with Crippen molar-refractivity contribution in [2.45, 2.75) is 75.9 Å². The number of rotatable bonds is 6. The number of amidine groups is 1. The highest BCUT2D eigenvalue weighted by Gasteiger charge is 2.49. The van der Waals surface area contributed by atoms with Gasteiger partial charge in [-0.25, -0.2) is 0 Å². The van der Waals surface area contributed by atoms with Crippen LogP contribution in [0.25, 0.3) is 0 Å². The minimum atomic E-state index is -0.169. The molecule has 8 heteroatoms. The summed E-state index contributed by atoms with van der Waals surface area (Å²) in [5, 5.41) is 7.99. The van der Waals surface area contributed by atoms with E-state index in [9.17, 15) is 9.59 Å². The van der Waals surface area contributed by atoms with Crippen LogP contribution in [-0.2, 0) is 9.59 Å². The lowest BCUT2D eigenvalue weighted by atomic mass is 9.77. The largest absolute Gasteiger partial charge is 0.387 e. The molecular formula is C24H42N6O2. The first-order valence-corrected chi connectivity index (χ1v) is 12.6. The van der Waals surface area contributed by atoms with E-state index in [1.54, 1.807) is 0 Å². The standard InChI is InChI=1S/C24H42N6O2/c1-28-10-9-19(14-28)29(2)24(32)21-11-17-7-8-18(22(25)26)12-20(17)30(21)13-15-3-5-16(6-4-15)23(27)31/h15-21H,3-14H2,1-2H3,(H3,25,26)(H2,27,31)/t15?,16?,17?,18?,19-,20?,21?/m0/s1. The van der Waals surface area contributed by atoms with Crippen LogP contribution in [0, 0.1) is 29.1 Å². The van der Waals surface area contributed by atoms with Crippen LogP contribution in [-0.4, -0.2) is 84.2 Å². The van der Waals surface area contributed by atoms with E-state index in [1.807, 2.05) is 11.9 Å². The van der Waals surface area contributed by atoms with Crippen molar-refractivity contribution in [3.05, 3.63) is 0 Å². The highest BCUT2D eigenvalue weighted by atomic mass is 16.2. The van der Waals surface area contributed by atoms with Crippen molar-refractivity contribution >= 4 is 17.6 Å². The van der Waals surface area contributed by atoms with Gasteiger partial charge in [0.15, 0.2) is 0 Å². The molecule has 0 spiro atoms. The third-order valence-corrected chi connectivity index (χ3v) is 9.01. The van der Waals surface area contributed by atoms with Gasteiger partial charge in [0.2, 0.25) is 11.8 Å². The predicted molar refractivity (Wildman–Crippen MR) is 125 cm³/mol. The average molecular weight is 447 g/mol. The van der Waals surface area contributed by atoms with Crippen LogP contribution in [0.2, 0.25) is 0 Å². The number of carbonyl (C=O) groups is 2. The van der Waals surface area contributed by atoms with Gasteiger partial charge in [-0.3, -0.25) is 19.9 Å². The Hall–Kier alpha value is -1.67. The number of amides is 2. The number of likely N-dealkylation sites (N-methyl/N-ethyl adjacent to an activating group) is 2. The second-order valence-electron chi connectivity index (χ2n) is 11.0. The summed E-state index contributed by atoms with van der Waals surface area (Å²) >= 11 is 0. The fourth-order valence-corrected chi connectivity index (χ4v) is 6.90. The van der Waals surface area contributed by atoms with Crippen LogP contribution in [0.5, 0.6) is 0 Å². The first kappa shape index (κ1) is 23.5. The molecule has 5 atom stereocenters. The molecule has 2 saturated heterocycles. The maximum Gasteiger partial charge on any atom is 0.239 e. The molecule has 8 nitrogen and oxygen atoms in total. The Morgan fingerprint density at radius 1 is 1.00 bits per heavy atom. The van der Waals surface area contributed by atoms with E-state index in [-0.39, 0.29) is 29.7 Å². The molecule has 4 rings (SSSR count). The van der Waals surface area contributed by atoms with Crippen molar-refractivity contribution in [3.63, 3.8) is 0 Å². The van der Waals surface area contributed by atoms with Crippen molar-refractivity contribution in [1.82, 2.24) is 14.7 Å². The van der Waals surface area contributed by atoms with Gasteiger partial charge in [-0.05, 0) is 83.2 Å². The fourth-order valence-electron chi connectivity index (χ4n) is 6.90. The molecule has 4 unspecified atom stereocenters. The summed E-state index contributed by atoms with van der Waals surface area (Å²) in [5.74, 6) is 1.56. The molecule has 2 heterocycles. The molecule has 0 aromatic rings. The number of hydrogen-bond acceptors (Lipinski definition) is 5. The SMILES string of the molecule is CN1CC[C@H](N(C)C(=O)C2CC3CCC(C(=N)N)CC3N2CC2CCC(C(N)=O)CC2)C1. The topological polar surface area (TPSA) is 120 Å². The second kappa shape index (κ2) is 9.67. The van der Waals surface area contributed by atoms with E-state index < -0.39 is 0 Å². The molecule has 2 saturated carbocycles. The zero-order chi connectivity index (χ0) is 23.0. The molecule has 32 heavy (non-hydrogen) atoms. The number of likely N-dealkylation sites (tertiary alicyclic amines) is 2. The first-order chi connectivity index (χ1) is 15.2. The molecular weight excluding hydrogens is 404 g/mol. The van der Waals surface area contributed by atoms with Gasteiger partial charge in [0, 0.05) is 44.1 Å². The van der Waals surface area contributed by atoms with Gasteiger partial charge in [-0.2, -0.15) is 0 Å². The van der Waals surface area contributed by atoms with E-state index in [0.29, 0.717) is 29.8 Å². The van der Waals surface area contributed by atoms with E-state index in [1.165, 1.54) is 0 Å². The van der Waals surface area contributed by atoms with Crippen LogP contribution in [0.3, 0.4) is 0 Å². The summed E-state index contributed by atoms with van der Waals surface area (Å²) in [7, 11) is 4.11. The Bertz CT molecular complexity index is 721. The Labute approximate surface area is 192 Å². The summed E-state index contributed by atoms with van der Waals surface area (Å²) in [6.07, 6.45) is 8.63. The Balaban J connectivity index is 1.48. The van der Waals surface area contributed by atoms with E-state index >= 15 is 0 Å². The summed E-state index contributed by atoms with van der Waals surface area (Å²) in [6.45, 7) is 2.91. The van der Waals surface area contributed by atoms with Gasteiger partial charge in [0.05, 0.1) is 11.9 Å². The van der Waals surface area contributed by atoms with Gasteiger partial charge < -0.3 is 21.3 Å². The number of carbonyl (C=O) groups excluding carboxylic acids is 2. The van der Waals surface area contributed by atoms with Crippen molar-refractivity contribution in [3.8, 4) is 0 Å². The summed E-state index contributed by atoms with van der Waals surface area (Å²) in [6, 6.07) is 0.563. The molecule has 5 N–H and O–H groups in total. The molecule has 0 bridgehead atoms. The minimum absolute atomic E-state index is 0.0114. The molecule has 2 aliphatic heterocycles. The highest BCUT2D eigenvalue weighted by molar-refractivity contribution is 5.83. The molecule has 0 aromatic carbocycles. The van der Waals surface area contributed by atoms with E-state index in [2.05, 4.69) is 16.8 Å². The summed E-state index contributed by atoms with van der Waals surface area (Å²) < 4.78 is 0. The third-order valence-electron chi connectivity index (χ3n) is 9.01. The second-order valence-corrected chi connectivity index (χ2v) is 11.0. The smallest absolute Gasteiger partial charge is 0.239 e.